The van der Waals surface area contributed by atoms with Gasteiger partial charge in [-0.25, -0.2) is 4.98 Å². The lowest BCUT2D eigenvalue weighted by molar-refractivity contribution is -0.0777. The van der Waals surface area contributed by atoms with Gasteiger partial charge in [0.1, 0.15) is 5.82 Å². The smallest absolute Gasteiger partial charge is 0.144 e. The predicted molar refractivity (Wildman–Crippen MR) is 99.6 cm³/mol. The van der Waals surface area contributed by atoms with E-state index in [2.05, 4.69) is 44.8 Å². The molecule has 2 aromatic rings. The summed E-state index contributed by atoms with van der Waals surface area (Å²) in [5, 5.41) is 8.01. The number of hydrogen-bond acceptors (Lipinski definition) is 6. The minimum atomic E-state index is 0.0274. The molecule has 0 unspecified atom stereocenters. The highest BCUT2D eigenvalue weighted by Gasteiger charge is 2.30. The second-order valence-electron chi connectivity index (χ2n) is 8.00. The standard InChI is InChI=1S/C19H28N6O/c1-19(2)10-15(3-8-26-19)13-24-6-7-25-17(14-24)9-16(23-25)11-22-18-12-20-4-5-21-18/h4-5,9,12,15H,3,6-8,10-11,13-14H2,1-2H3,(H,21,22)/t15-/m1/s1. The second kappa shape index (κ2) is 7.32. The fourth-order valence-corrected chi connectivity index (χ4v) is 4.07. The molecule has 2 aromatic heterocycles. The highest BCUT2D eigenvalue weighted by atomic mass is 16.5. The molecule has 26 heavy (non-hydrogen) atoms. The van der Waals surface area contributed by atoms with E-state index in [1.807, 2.05) is 0 Å². The van der Waals surface area contributed by atoms with Gasteiger partial charge in [0.05, 0.1) is 36.3 Å². The molecule has 2 aliphatic rings. The molecule has 7 heteroatoms. The second-order valence-corrected chi connectivity index (χ2v) is 8.00. The highest BCUT2D eigenvalue weighted by molar-refractivity contribution is 5.31. The lowest BCUT2D eigenvalue weighted by atomic mass is 9.88. The maximum Gasteiger partial charge on any atom is 0.144 e. The summed E-state index contributed by atoms with van der Waals surface area (Å²) in [5.41, 5.74) is 2.39. The number of aromatic nitrogens is 4. The molecule has 0 amide bonds. The molecule has 1 saturated heterocycles. The first-order valence-electron chi connectivity index (χ1n) is 9.49. The molecule has 1 atom stereocenters. The number of nitrogens with one attached hydrogen (secondary N) is 1. The van der Waals surface area contributed by atoms with Crippen LogP contribution < -0.4 is 5.32 Å². The predicted octanol–water partition coefficient (Wildman–Crippen LogP) is 2.31. The first-order chi connectivity index (χ1) is 12.6. The molecule has 1 N–H and O–H groups in total. The largest absolute Gasteiger partial charge is 0.376 e. The van der Waals surface area contributed by atoms with E-state index in [9.17, 15) is 0 Å². The van der Waals surface area contributed by atoms with Crippen LogP contribution in [0.25, 0.3) is 0 Å². The van der Waals surface area contributed by atoms with Crippen LogP contribution in [0.2, 0.25) is 0 Å². The highest BCUT2D eigenvalue weighted by Crippen LogP contribution is 2.29. The van der Waals surface area contributed by atoms with Gasteiger partial charge >= 0.3 is 0 Å². The van der Waals surface area contributed by atoms with Gasteiger partial charge in [0.2, 0.25) is 0 Å². The van der Waals surface area contributed by atoms with E-state index in [1.54, 1.807) is 18.6 Å². The van der Waals surface area contributed by atoms with Gasteiger partial charge < -0.3 is 10.1 Å². The average molecular weight is 356 g/mol. The van der Waals surface area contributed by atoms with E-state index >= 15 is 0 Å². The van der Waals surface area contributed by atoms with Gasteiger partial charge in [-0.1, -0.05) is 0 Å². The summed E-state index contributed by atoms with van der Waals surface area (Å²) in [6, 6.07) is 2.21. The Balaban J connectivity index is 1.33. The molecule has 0 spiro atoms. The van der Waals surface area contributed by atoms with Crippen molar-refractivity contribution in [1.29, 1.82) is 0 Å². The van der Waals surface area contributed by atoms with Crippen molar-refractivity contribution in [1.82, 2.24) is 24.6 Å². The van der Waals surface area contributed by atoms with Crippen molar-refractivity contribution in [3.8, 4) is 0 Å². The minimum Gasteiger partial charge on any atom is -0.376 e. The molecule has 0 radical (unpaired) electrons. The van der Waals surface area contributed by atoms with Crippen LogP contribution in [-0.4, -0.2) is 49.9 Å². The molecule has 0 bridgehead atoms. The summed E-state index contributed by atoms with van der Waals surface area (Å²) in [7, 11) is 0. The van der Waals surface area contributed by atoms with Gasteiger partial charge in [-0.2, -0.15) is 5.10 Å². The zero-order chi connectivity index (χ0) is 18.0. The molecule has 4 heterocycles. The van der Waals surface area contributed by atoms with Crippen molar-refractivity contribution in [2.24, 2.45) is 5.92 Å². The lowest BCUT2D eigenvalue weighted by Gasteiger charge is -2.38. The molecule has 4 rings (SSSR count). The number of nitrogens with zero attached hydrogens (tertiary/aromatic N) is 5. The van der Waals surface area contributed by atoms with E-state index in [1.165, 1.54) is 12.1 Å². The molecule has 0 saturated carbocycles. The summed E-state index contributed by atoms with van der Waals surface area (Å²) in [6.07, 6.45) is 7.42. The third-order valence-corrected chi connectivity index (χ3v) is 5.26. The number of anilines is 1. The summed E-state index contributed by atoms with van der Waals surface area (Å²) < 4.78 is 8.01. The zero-order valence-electron chi connectivity index (χ0n) is 15.7. The van der Waals surface area contributed by atoms with Crippen LogP contribution in [0, 0.1) is 5.92 Å². The Morgan fingerprint density at radius 3 is 3.04 bits per heavy atom. The first kappa shape index (κ1) is 17.4. The lowest BCUT2D eigenvalue weighted by Crippen LogP contribution is -2.42. The monoisotopic (exact) mass is 356 g/mol. The maximum absolute atomic E-state index is 5.86. The van der Waals surface area contributed by atoms with Gasteiger partial charge in [-0.05, 0) is 38.7 Å². The van der Waals surface area contributed by atoms with E-state index in [0.29, 0.717) is 6.54 Å². The van der Waals surface area contributed by atoms with Crippen LogP contribution in [0.4, 0.5) is 5.82 Å². The van der Waals surface area contributed by atoms with Gasteiger partial charge in [0.25, 0.3) is 0 Å². The zero-order valence-corrected chi connectivity index (χ0v) is 15.7. The van der Waals surface area contributed by atoms with Crippen LogP contribution in [0.5, 0.6) is 0 Å². The van der Waals surface area contributed by atoms with Crippen LogP contribution in [-0.2, 0) is 24.4 Å². The SMILES string of the molecule is CC1(C)C[C@H](CN2CCn3nc(CNc4cnccn4)cc3C2)CCO1. The number of fused-ring (bicyclic) bond motifs is 1. The van der Waals surface area contributed by atoms with Gasteiger partial charge in [-0.15, -0.1) is 0 Å². The van der Waals surface area contributed by atoms with Crippen molar-refractivity contribution in [2.45, 2.75) is 51.9 Å². The number of hydrogen-bond donors (Lipinski definition) is 1. The summed E-state index contributed by atoms with van der Waals surface area (Å²) in [5.74, 6) is 1.51. The molecule has 0 aliphatic carbocycles. The third-order valence-electron chi connectivity index (χ3n) is 5.26. The number of rotatable bonds is 5. The fraction of sp³-hybridized carbons (Fsp3) is 0.632. The topological polar surface area (TPSA) is 68.1 Å². The Kier molecular flexibility index (Phi) is 4.91. The fourth-order valence-electron chi connectivity index (χ4n) is 4.07. The van der Waals surface area contributed by atoms with E-state index < -0.39 is 0 Å². The Hall–Kier alpha value is -1.99. The minimum absolute atomic E-state index is 0.0274. The van der Waals surface area contributed by atoms with E-state index in [-0.39, 0.29) is 5.60 Å². The Labute approximate surface area is 154 Å². The van der Waals surface area contributed by atoms with Crippen molar-refractivity contribution in [3.63, 3.8) is 0 Å². The maximum atomic E-state index is 5.86. The van der Waals surface area contributed by atoms with Crippen LogP contribution in [0.1, 0.15) is 38.1 Å². The summed E-state index contributed by atoms with van der Waals surface area (Å²) in [6.45, 7) is 10.2. The van der Waals surface area contributed by atoms with E-state index in [0.717, 1.165) is 56.6 Å². The van der Waals surface area contributed by atoms with Gasteiger partial charge in [-0.3, -0.25) is 14.6 Å². The number of ether oxygens (including phenoxy) is 1. The van der Waals surface area contributed by atoms with Crippen molar-refractivity contribution in [2.75, 3.05) is 25.0 Å². The van der Waals surface area contributed by atoms with Crippen LogP contribution >= 0.6 is 0 Å². The average Bonchev–Trinajstić information content (AvgIpc) is 3.02. The Morgan fingerprint density at radius 1 is 1.31 bits per heavy atom. The third kappa shape index (κ3) is 4.22. The summed E-state index contributed by atoms with van der Waals surface area (Å²) in [4.78, 5) is 10.9. The quantitative estimate of drug-likeness (QED) is 0.887. The van der Waals surface area contributed by atoms with Crippen molar-refractivity contribution >= 4 is 5.82 Å². The van der Waals surface area contributed by atoms with Gasteiger partial charge in [0.15, 0.2) is 0 Å². The van der Waals surface area contributed by atoms with Crippen molar-refractivity contribution < 1.29 is 4.74 Å². The normalized spacial score (nSPS) is 22.8. The summed E-state index contributed by atoms with van der Waals surface area (Å²) >= 11 is 0. The molecule has 0 aromatic carbocycles. The van der Waals surface area contributed by atoms with Gasteiger partial charge in [0, 0.05) is 38.6 Å². The molecule has 1 fully saturated rings. The Morgan fingerprint density at radius 2 is 2.23 bits per heavy atom. The Bertz CT molecular complexity index is 729. The molecular weight excluding hydrogens is 328 g/mol. The van der Waals surface area contributed by atoms with Crippen LogP contribution in [0.3, 0.4) is 0 Å². The first-order valence-corrected chi connectivity index (χ1v) is 9.49. The molecule has 140 valence electrons. The molecule has 7 nitrogen and oxygen atoms in total. The molecular formula is C19H28N6O. The molecule has 2 aliphatic heterocycles. The van der Waals surface area contributed by atoms with Crippen LogP contribution in [0.15, 0.2) is 24.7 Å². The van der Waals surface area contributed by atoms with Crippen molar-refractivity contribution in [3.05, 3.63) is 36.0 Å². The van der Waals surface area contributed by atoms with E-state index in [4.69, 9.17) is 9.84 Å².